The summed E-state index contributed by atoms with van der Waals surface area (Å²) in [5.74, 6) is -0.542. The Morgan fingerprint density at radius 3 is 2.00 bits per heavy atom. The van der Waals surface area contributed by atoms with Crippen molar-refractivity contribution in [2.24, 2.45) is 0 Å². The first-order chi connectivity index (χ1) is 12.5. The van der Waals surface area contributed by atoms with Crippen molar-refractivity contribution in [3.8, 4) is 5.75 Å². The van der Waals surface area contributed by atoms with E-state index in [-0.39, 0.29) is 16.2 Å². The number of methoxy groups -OCH3 is 3. The number of ether oxygens (including phenoxy) is 3. The van der Waals surface area contributed by atoms with Crippen LogP contribution in [0, 0.1) is 0 Å². The van der Waals surface area contributed by atoms with Crippen molar-refractivity contribution >= 4 is 40.6 Å². The SMILES string of the molecule is COC(=O)c1cc(NC(=S)Nc2ccccc2OC)cc(C(=O)OC)c1. The van der Waals surface area contributed by atoms with Crippen molar-refractivity contribution in [3.05, 3.63) is 53.6 Å². The monoisotopic (exact) mass is 374 g/mol. The van der Waals surface area contributed by atoms with Crippen molar-refractivity contribution in [2.45, 2.75) is 0 Å². The molecule has 2 rings (SSSR count). The van der Waals surface area contributed by atoms with Gasteiger partial charge in [0.05, 0.1) is 38.1 Å². The third-order valence-corrected chi connectivity index (χ3v) is 3.59. The van der Waals surface area contributed by atoms with Crippen LogP contribution in [0.4, 0.5) is 11.4 Å². The number of rotatable bonds is 5. The summed E-state index contributed by atoms with van der Waals surface area (Å²) in [5.41, 5.74) is 1.49. The van der Waals surface area contributed by atoms with Crippen molar-refractivity contribution < 1.29 is 23.8 Å². The highest BCUT2D eigenvalue weighted by atomic mass is 32.1. The minimum atomic E-state index is -0.581. The maximum atomic E-state index is 11.8. The third-order valence-electron chi connectivity index (χ3n) is 3.39. The number of hydrogen-bond donors (Lipinski definition) is 2. The van der Waals surface area contributed by atoms with E-state index in [4.69, 9.17) is 26.4 Å². The molecule has 7 nitrogen and oxygen atoms in total. The van der Waals surface area contributed by atoms with Gasteiger partial charge in [0.1, 0.15) is 5.75 Å². The highest BCUT2D eigenvalue weighted by molar-refractivity contribution is 7.80. The summed E-state index contributed by atoms with van der Waals surface area (Å²) in [6.07, 6.45) is 0. The van der Waals surface area contributed by atoms with Gasteiger partial charge in [-0.2, -0.15) is 0 Å². The van der Waals surface area contributed by atoms with Gasteiger partial charge in [0, 0.05) is 5.69 Å². The lowest BCUT2D eigenvalue weighted by molar-refractivity contribution is 0.0599. The van der Waals surface area contributed by atoms with E-state index in [0.29, 0.717) is 17.1 Å². The van der Waals surface area contributed by atoms with Crippen LogP contribution in [0.3, 0.4) is 0 Å². The fraction of sp³-hybridized carbons (Fsp3) is 0.167. The molecule has 0 fully saturated rings. The van der Waals surface area contributed by atoms with Crippen LogP contribution in [-0.2, 0) is 9.47 Å². The second-order valence-corrected chi connectivity index (χ2v) is 5.47. The van der Waals surface area contributed by atoms with Crippen LogP contribution in [0.15, 0.2) is 42.5 Å². The average molecular weight is 374 g/mol. The Morgan fingerprint density at radius 1 is 0.885 bits per heavy atom. The first-order valence-corrected chi connectivity index (χ1v) is 7.92. The molecule has 0 unspecified atom stereocenters. The van der Waals surface area contributed by atoms with Gasteiger partial charge < -0.3 is 24.8 Å². The van der Waals surface area contributed by atoms with Gasteiger partial charge in [0.2, 0.25) is 0 Å². The van der Waals surface area contributed by atoms with Crippen LogP contribution in [0.1, 0.15) is 20.7 Å². The van der Waals surface area contributed by atoms with E-state index < -0.39 is 11.9 Å². The van der Waals surface area contributed by atoms with Crippen molar-refractivity contribution in [2.75, 3.05) is 32.0 Å². The Bertz CT molecular complexity index is 804. The number of carbonyl (C=O) groups excluding carboxylic acids is 2. The first-order valence-electron chi connectivity index (χ1n) is 7.51. The average Bonchev–Trinajstić information content (AvgIpc) is 2.66. The molecule has 26 heavy (non-hydrogen) atoms. The molecule has 0 aliphatic carbocycles. The maximum Gasteiger partial charge on any atom is 0.337 e. The topological polar surface area (TPSA) is 85.9 Å². The zero-order valence-corrected chi connectivity index (χ0v) is 15.3. The van der Waals surface area contributed by atoms with Gasteiger partial charge in [-0.3, -0.25) is 0 Å². The van der Waals surface area contributed by atoms with Crippen LogP contribution < -0.4 is 15.4 Å². The quantitative estimate of drug-likeness (QED) is 0.610. The molecule has 136 valence electrons. The molecule has 2 N–H and O–H groups in total. The summed E-state index contributed by atoms with van der Waals surface area (Å²) in [6.45, 7) is 0. The van der Waals surface area contributed by atoms with Crippen molar-refractivity contribution in [1.82, 2.24) is 0 Å². The molecular formula is C18H18N2O5S. The molecular weight excluding hydrogens is 356 g/mol. The van der Waals surface area contributed by atoms with E-state index in [1.165, 1.54) is 32.4 Å². The summed E-state index contributed by atoms with van der Waals surface area (Å²) in [7, 11) is 4.07. The lowest BCUT2D eigenvalue weighted by atomic mass is 10.1. The van der Waals surface area contributed by atoms with E-state index in [1.807, 2.05) is 12.1 Å². The van der Waals surface area contributed by atoms with Crippen molar-refractivity contribution in [3.63, 3.8) is 0 Å². The van der Waals surface area contributed by atoms with Gasteiger partial charge in [-0.05, 0) is 42.5 Å². The van der Waals surface area contributed by atoms with Gasteiger partial charge in [-0.25, -0.2) is 9.59 Å². The molecule has 0 radical (unpaired) electrons. The minimum absolute atomic E-state index is 0.193. The van der Waals surface area contributed by atoms with Gasteiger partial charge >= 0.3 is 11.9 Å². The van der Waals surface area contributed by atoms with Crippen molar-refractivity contribution in [1.29, 1.82) is 0 Å². The largest absolute Gasteiger partial charge is 0.495 e. The number of para-hydroxylation sites is 2. The molecule has 0 amide bonds. The molecule has 0 heterocycles. The van der Waals surface area contributed by atoms with E-state index in [1.54, 1.807) is 19.2 Å². The fourth-order valence-corrected chi connectivity index (χ4v) is 2.43. The smallest absolute Gasteiger partial charge is 0.337 e. The highest BCUT2D eigenvalue weighted by Gasteiger charge is 2.14. The number of esters is 2. The molecule has 0 bridgehead atoms. The predicted molar refractivity (Wildman–Crippen MR) is 102 cm³/mol. The number of thiocarbonyl (C=S) groups is 1. The summed E-state index contributed by atoms with van der Waals surface area (Å²) >= 11 is 5.29. The van der Waals surface area contributed by atoms with E-state index >= 15 is 0 Å². The molecule has 8 heteroatoms. The molecule has 0 aliphatic heterocycles. The summed E-state index contributed by atoms with van der Waals surface area (Å²) in [6, 6.07) is 11.7. The Hall–Kier alpha value is -3.13. The molecule has 0 saturated heterocycles. The molecule has 0 aromatic heterocycles. The Labute approximate surface area is 156 Å². The number of nitrogens with one attached hydrogen (secondary N) is 2. The number of anilines is 2. The molecule has 0 spiro atoms. The standard InChI is InChI=1S/C18H18N2O5S/c1-23-15-7-5-4-6-14(15)20-18(26)19-13-9-11(16(21)24-2)8-12(10-13)17(22)25-3/h4-10H,1-3H3,(H2,19,20,26). The molecule has 2 aromatic carbocycles. The summed E-state index contributed by atoms with van der Waals surface area (Å²) in [4.78, 5) is 23.6. The number of benzene rings is 2. The lowest BCUT2D eigenvalue weighted by Crippen LogP contribution is -2.20. The minimum Gasteiger partial charge on any atom is -0.495 e. The Morgan fingerprint density at radius 2 is 1.46 bits per heavy atom. The zero-order chi connectivity index (χ0) is 19.1. The summed E-state index contributed by atoms with van der Waals surface area (Å²) < 4.78 is 14.7. The fourth-order valence-electron chi connectivity index (χ4n) is 2.20. The second kappa shape index (κ2) is 8.82. The third kappa shape index (κ3) is 4.70. The van der Waals surface area contributed by atoms with Gasteiger partial charge in [-0.15, -0.1) is 0 Å². The van der Waals surface area contributed by atoms with Gasteiger partial charge in [-0.1, -0.05) is 12.1 Å². The maximum absolute atomic E-state index is 11.8. The second-order valence-electron chi connectivity index (χ2n) is 5.06. The van der Waals surface area contributed by atoms with Gasteiger partial charge in [0.25, 0.3) is 0 Å². The number of carbonyl (C=O) groups is 2. The molecule has 0 aliphatic rings. The Kier molecular flexibility index (Phi) is 6.51. The molecule has 2 aromatic rings. The van der Waals surface area contributed by atoms with Crippen LogP contribution >= 0.6 is 12.2 Å². The zero-order valence-electron chi connectivity index (χ0n) is 14.5. The summed E-state index contributed by atoms with van der Waals surface area (Å²) in [5, 5.41) is 6.18. The predicted octanol–water partition coefficient (Wildman–Crippen LogP) is 3.08. The van der Waals surface area contributed by atoms with Crippen LogP contribution in [0.2, 0.25) is 0 Å². The van der Waals surface area contributed by atoms with Crippen LogP contribution in [0.5, 0.6) is 5.75 Å². The lowest BCUT2D eigenvalue weighted by Gasteiger charge is -2.14. The Balaban J connectivity index is 2.25. The highest BCUT2D eigenvalue weighted by Crippen LogP contribution is 2.23. The van der Waals surface area contributed by atoms with Gasteiger partial charge in [0.15, 0.2) is 5.11 Å². The first kappa shape index (κ1) is 19.2. The number of hydrogen-bond acceptors (Lipinski definition) is 6. The van der Waals surface area contributed by atoms with Crippen LogP contribution in [0.25, 0.3) is 0 Å². The van der Waals surface area contributed by atoms with E-state index in [0.717, 1.165) is 0 Å². The van der Waals surface area contributed by atoms with Crippen LogP contribution in [-0.4, -0.2) is 38.4 Å². The van der Waals surface area contributed by atoms with E-state index in [2.05, 4.69) is 10.6 Å². The normalized spacial score (nSPS) is 9.81. The van der Waals surface area contributed by atoms with E-state index in [9.17, 15) is 9.59 Å². The molecule has 0 saturated carbocycles. The molecule has 0 atom stereocenters.